The normalized spacial score (nSPS) is 18.3. The predicted molar refractivity (Wildman–Crippen MR) is 96.5 cm³/mol. The van der Waals surface area contributed by atoms with E-state index in [1.807, 2.05) is 12.3 Å². The number of anilines is 3. The van der Waals surface area contributed by atoms with Crippen LogP contribution in [0.25, 0.3) is 0 Å². The summed E-state index contributed by atoms with van der Waals surface area (Å²) in [5.74, 6) is 2.97. The number of piperidine rings is 1. The van der Waals surface area contributed by atoms with Crippen molar-refractivity contribution in [1.82, 2.24) is 9.97 Å². The topological polar surface area (TPSA) is 41.1 Å². The predicted octanol–water partition coefficient (Wildman–Crippen LogP) is 4.58. The third-order valence-electron chi connectivity index (χ3n) is 4.46. The summed E-state index contributed by atoms with van der Waals surface area (Å²) in [5, 5.41) is 3.31. The van der Waals surface area contributed by atoms with Crippen LogP contribution in [0.2, 0.25) is 0 Å². The maximum atomic E-state index is 4.69. The minimum Gasteiger partial charge on any atom is -0.356 e. The maximum Gasteiger partial charge on any atom is 0.229 e. The van der Waals surface area contributed by atoms with Crippen molar-refractivity contribution in [3.8, 4) is 0 Å². The average molecular weight is 310 g/mol. The van der Waals surface area contributed by atoms with E-state index in [2.05, 4.69) is 65.2 Å². The van der Waals surface area contributed by atoms with Gasteiger partial charge in [-0.15, -0.1) is 0 Å². The van der Waals surface area contributed by atoms with E-state index in [-0.39, 0.29) is 0 Å². The van der Waals surface area contributed by atoms with Crippen LogP contribution in [0.15, 0.2) is 36.5 Å². The minimum atomic E-state index is 0.546. The minimum absolute atomic E-state index is 0.546. The van der Waals surface area contributed by atoms with Crippen molar-refractivity contribution < 1.29 is 0 Å². The fraction of sp³-hybridized carbons (Fsp3) is 0.474. The Morgan fingerprint density at radius 2 is 1.96 bits per heavy atom. The Labute approximate surface area is 139 Å². The van der Waals surface area contributed by atoms with Gasteiger partial charge in [-0.25, -0.2) is 4.98 Å². The molecule has 0 amide bonds. The number of nitrogens with zero attached hydrogens (tertiary/aromatic N) is 3. The first-order chi connectivity index (χ1) is 11.1. The molecule has 1 aromatic heterocycles. The van der Waals surface area contributed by atoms with Crippen molar-refractivity contribution in [1.29, 1.82) is 0 Å². The lowest BCUT2D eigenvalue weighted by atomic mass is 10.0. The summed E-state index contributed by atoms with van der Waals surface area (Å²) in [6.07, 6.45) is 4.39. The highest BCUT2D eigenvalue weighted by molar-refractivity contribution is 5.55. The average Bonchev–Trinajstić information content (AvgIpc) is 2.56. The number of nitrogens with one attached hydrogen (secondary N) is 1. The molecule has 0 radical (unpaired) electrons. The fourth-order valence-electron chi connectivity index (χ4n) is 3.06. The molecule has 1 aliphatic heterocycles. The first kappa shape index (κ1) is 15.8. The molecular weight excluding hydrogens is 284 g/mol. The molecule has 23 heavy (non-hydrogen) atoms. The van der Waals surface area contributed by atoms with E-state index < -0.39 is 0 Å². The first-order valence-electron chi connectivity index (χ1n) is 8.57. The summed E-state index contributed by atoms with van der Waals surface area (Å²) in [6.45, 7) is 8.88. The molecule has 1 aliphatic rings. The van der Waals surface area contributed by atoms with Crippen LogP contribution in [0, 0.1) is 5.92 Å². The van der Waals surface area contributed by atoms with Gasteiger partial charge < -0.3 is 10.2 Å². The number of benzene rings is 1. The fourth-order valence-corrected chi connectivity index (χ4v) is 3.06. The molecule has 2 heterocycles. The molecule has 0 bridgehead atoms. The Balaban J connectivity index is 1.72. The largest absolute Gasteiger partial charge is 0.356 e. The first-order valence-corrected chi connectivity index (χ1v) is 8.57. The molecule has 1 unspecified atom stereocenters. The molecule has 4 heteroatoms. The summed E-state index contributed by atoms with van der Waals surface area (Å²) < 4.78 is 0. The highest BCUT2D eigenvalue weighted by Crippen LogP contribution is 2.23. The number of aromatic nitrogens is 2. The molecule has 1 saturated heterocycles. The Morgan fingerprint density at radius 1 is 1.17 bits per heavy atom. The molecule has 1 N–H and O–H groups in total. The molecule has 0 aliphatic carbocycles. The van der Waals surface area contributed by atoms with Crippen LogP contribution in [0.1, 0.15) is 45.1 Å². The van der Waals surface area contributed by atoms with Crippen molar-refractivity contribution in [2.24, 2.45) is 5.92 Å². The number of rotatable bonds is 4. The molecule has 3 rings (SSSR count). The molecule has 122 valence electrons. The van der Waals surface area contributed by atoms with E-state index in [0.717, 1.165) is 30.5 Å². The van der Waals surface area contributed by atoms with E-state index >= 15 is 0 Å². The van der Waals surface area contributed by atoms with Crippen molar-refractivity contribution in [2.75, 3.05) is 23.3 Å². The molecule has 4 nitrogen and oxygen atoms in total. The van der Waals surface area contributed by atoms with Gasteiger partial charge in [0.1, 0.15) is 5.82 Å². The van der Waals surface area contributed by atoms with Crippen LogP contribution in [0.5, 0.6) is 0 Å². The van der Waals surface area contributed by atoms with Crippen molar-refractivity contribution in [2.45, 2.75) is 39.5 Å². The second-order valence-corrected chi connectivity index (χ2v) is 6.83. The van der Waals surface area contributed by atoms with Crippen molar-refractivity contribution >= 4 is 17.5 Å². The van der Waals surface area contributed by atoms with Gasteiger partial charge in [-0.1, -0.05) is 32.9 Å². The molecular formula is C19H26N4. The molecule has 2 aromatic rings. The highest BCUT2D eigenvalue weighted by Gasteiger charge is 2.17. The Bertz CT molecular complexity index is 636. The summed E-state index contributed by atoms with van der Waals surface area (Å²) in [7, 11) is 0. The van der Waals surface area contributed by atoms with Gasteiger partial charge in [0.2, 0.25) is 5.95 Å². The summed E-state index contributed by atoms with van der Waals surface area (Å²) >= 11 is 0. The number of hydrogen-bond acceptors (Lipinski definition) is 4. The monoisotopic (exact) mass is 310 g/mol. The second kappa shape index (κ2) is 6.99. The molecule has 0 saturated carbocycles. The van der Waals surface area contributed by atoms with Gasteiger partial charge in [0.15, 0.2) is 0 Å². The molecule has 1 atom stereocenters. The van der Waals surface area contributed by atoms with Gasteiger partial charge in [-0.3, -0.25) is 0 Å². The Kier molecular flexibility index (Phi) is 4.79. The quantitative estimate of drug-likeness (QED) is 0.897. The van der Waals surface area contributed by atoms with Crippen LogP contribution in [-0.4, -0.2) is 23.1 Å². The van der Waals surface area contributed by atoms with Crippen LogP contribution in [-0.2, 0) is 0 Å². The second-order valence-electron chi connectivity index (χ2n) is 6.83. The van der Waals surface area contributed by atoms with Crippen LogP contribution in [0.3, 0.4) is 0 Å². The SMILES string of the molecule is CC1CCCN(c2ccnc(Nc3ccc(C(C)C)cc3)n2)C1. The molecule has 0 spiro atoms. The molecule has 1 fully saturated rings. The Morgan fingerprint density at radius 3 is 2.65 bits per heavy atom. The van der Waals surface area contributed by atoms with Gasteiger partial charge in [-0.05, 0) is 48.4 Å². The van der Waals surface area contributed by atoms with Crippen molar-refractivity contribution in [3.05, 3.63) is 42.1 Å². The summed E-state index contributed by atoms with van der Waals surface area (Å²) in [6, 6.07) is 10.5. The lowest BCUT2D eigenvalue weighted by Gasteiger charge is -2.31. The van der Waals surface area contributed by atoms with Gasteiger partial charge in [-0.2, -0.15) is 4.98 Å². The maximum absolute atomic E-state index is 4.69. The van der Waals surface area contributed by atoms with Crippen molar-refractivity contribution in [3.63, 3.8) is 0 Å². The van der Waals surface area contributed by atoms with Crippen LogP contribution in [0.4, 0.5) is 17.5 Å². The molecule has 1 aromatic carbocycles. The van der Waals surface area contributed by atoms with E-state index in [0.29, 0.717) is 11.9 Å². The highest BCUT2D eigenvalue weighted by atomic mass is 15.2. The van der Waals surface area contributed by atoms with E-state index in [1.165, 1.54) is 18.4 Å². The Hall–Kier alpha value is -2.10. The third kappa shape index (κ3) is 4.01. The van der Waals surface area contributed by atoms with Crippen LogP contribution >= 0.6 is 0 Å². The van der Waals surface area contributed by atoms with E-state index in [9.17, 15) is 0 Å². The lowest BCUT2D eigenvalue weighted by molar-refractivity contribution is 0.444. The zero-order valence-electron chi connectivity index (χ0n) is 14.3. The van der Waals surface area contributed by atoms with E-state index in [1.54, 1.807) is 0 Å². The lowest BCUT2D eigenvalue weighted by Crippen LogP contribution is -2.34. The standard InChI is InChI=1S/C19H26N4/c1-14(2)16-6-8-17(9-7-16)21-19-20-11-10-18(22-19)23-12-4-5-15(3)13-23/h6-11,14-15H,4-5,12-13H2,1-3H3,(H,20,21,22). The zero-order valence-corrected chi connectivity index (χ0v) is 14.3. The smallest absolute Gasteiger partial charge is 0.229 e. The summed E-state index contributed by atoms with van der Waals surface area (Å²) in [5.41, 5.74) is 2.37. The van der Waals surface area contributed by atoms with Gasteiger partial charge >= 0.3 is 0 Å². The third-order valence-corrected chi connectivity index (χ3v) is 4.46. The van der Waals surface area contributed by atoms with Gasteiger partial charge in [0.25, 0.3) is 0 Å². The zero-order chi connectivity index (χ0) is 16.2. The van der Waals surface area contributed by atoms with Crippen LogP contribution < -0.4 is 10.2 Å². The van der Waals surface area contributed by atoms with Gasteiger partial charge in [0.05, 0.1) is 0 Å². The van der Waals surface area contributed by atoms with Gasteiger partial charge in [0, 0.05) is 25.0 Å². The van der Waals surface area contributed by atoms with E-state index in [4.69, 9.17) is 0 Å². The number of hydrogen-bond donors (Lipinski definition) is 1. The summed E-state index contributed by atoms with van der Waals surface area (Å²) in [4.78, 5) is 11.4.